The Kier molecular flexibility index (Phi) is 9.57. The fourth-order valence-corrected chi connectivity index (χ4v) is 1.62. The third-order valence-corrected chi connectivity index (χ3v) is 2.71. The molecular formula is C14H20NNaO3. The number of amides is 1. The molecule has 0 radical (unpaired) electrons. The molecule has 0 fully saturated rings. The van der Waals surface area contributed by atoms with Gasteiger partial charge in [0, 0.05) is 12.1 Å². The van der Waals surface area contributed by atoms with Crippen LogP contribution < -0.4 is 5.32 Å². The summed E-state index contributed by atoms with van der Waals surface area (Å²) in [4.78, 5) is 22.4. The average Bonchev–Trinajstić information content (AvgIpc) is 2.38. The van der Waals surface area contributed by atoms with Crippen LogP contribution in [0.2, 0.25) is 0 Å². The number of carbonyl (C=O) groups excluding carboxylic acids is 1. The number of carboxylic acid groups (broad SMARTS) is 1. The maximum absolute atomic E-state index is 11.7. The van der Waals surface area contributed by atoms with Gasteiger partial charge in [-0.1, -0.05) is 26.2 Å². The summed E-state index contributed by atoms with van der Waals surface area (Å²) >= 11 is 0. The van der Waals surface area contributed by atoms with Crippen molar-refractivity contribution in [2.24, 2.45) is 0 Å². The Morgan fingerprint density at radius 2 is 1.63 bits per heavy atom. The average molecular weight is 273 g/mol. The molecule has 0 unspecified atom stereocenters. The first-order valence-corrected chi connectivity index (χ1v) is 6.26. The van der Waals surface area contributed by atoms with Crippen LogP contribution in [0.4, 0.5) is 0 Å². The van der Waals surface area contributed by atoms with Crippen LogP contribution >= 0.6 is 0 Å². The third kappa shape index (κ3) is 6.76. The molecular weight excluding hydrogens is 253 g/mol. The number of hydrogen-bond donors (Lipinski definition) is 2. The van der Waals surface area contributed by atoms with Crippen LogP contribution in [0.1, 0.15) is 53.3 Å². The van der Waals surface area contributed by atoms with Crippen molar-refractivity contribution in [3.63, 3.8) is 0 Å². The molecule has 19 heavy (non-hydrogen) atoms. The molecule has 0 bridgehead atoms. The second kappa shape index (κ2) is 10.0. The summed E-state index contributed by atoms with van der Waals surface area (Å²) in [5.41, 5.74) is 0.685. The summed E-state index contributed by atoms with van der Waals surface area (Å²) in [7, 11) is 0. The van der Waals surface area contributed by atoms with Crippen LogP contribution in [0.15, 0.2) is 24.3 Å². The molecule has 100 valence electrons. The van der Waals surface area contributed by atoms with E-state index in [0.29, 0.717) is 12.1 Å². The molecule has 0 heterocycles. The van der Waals surface area contributed by atoms with Crippen LogP contribution in [-0.4, -0.2) is 53.1 Å². The molecule has 1 rings (SSSR count). The van der Waals surface area contributed by atoms with Crippen molar-refractivity contribution in [2.45, 2.75) is 32.6 Å². The molecule has 1 aromatic rings. The first-order valence-electron chi connectivity index (χ1n) is 6.26. The van der Waals surface area contributed by atoms with E-state index in [-0.39, 0.29) is 41.0 Å². The summed E-state index contributed by atoms with van der Waals surface area (Å²) in [6.45, 7) is 2.81. The third-order valence-electron chi connectivity index (χ3n) is 2.71. The summed E-state index contributed by atoms with van der Waals surface area (Å²) in [6, 6.07) is 5.94. The molecule has 5 heteroatoms. The molecule has 2 N–H and O–H groups in total. The molecule has 1 amide bonds. The Bertz CT molecular complexity index is 404. The summed E-state index contributed by atoms with van der Waals surface area (Å²) in [5.74, 6) is -1.13. The molecule has 0 saturated carbocycles. The standard InChI is InChI=1S/C14H19NO3.Na.H/c1-2-3-4-5-10-15-13(16)11-6-8-12(9-7-11)14(17)18;;/h6-9H,2-5,10H2,1H3,(H,15,16)(H,17,18);;. The molecule has 0 aromatic heterocycles. The maximum atomic E-state index is 11.7. The van der Waals surface area contributed by atoms with E-state index in [1.165, 1.54) is 37.1 Å². The van der Waals surface area contributed by atoms with E-state index in [4.69, 9.17) is 5.11 Å². The zero-order valence-corrected chi connectivity index (χ0v) is 10.6. The van der Waals surface area contributed by atoms with Gasteiger partial charge in [-0.05, 0) is 30.7 Å². The fourth-order valence-electron chi connectivity index (χ4n) is 1.62. The van der Waals surface area contributed by atoms with Crippen molar-refractivity contribution < 1.29 is 14.7 Å². The first kappa shape index (κ1) is 18.2. The number of unbranched alkanes of at least 4 members (excludes halogenated alkanes) is 3. The van der Waals surface area contributed by atoms with E-state index in [1.807, 2.05) is 0 Å². The SMILES string of the molecule is CCCCCCNC(=O)c1ccc(C(=O)O)cc1.[NaH]. The van der Waals surface area contributed by atoms with Crippen molar-refractivity contribution in [1.82, 2.24) is 5.32 Å². The molecule has 0 aliphatic rings. The second-order valence-corrected chi connectivity index (χ2v) is 4.20. The summed E-state index contributed by atoms with van der Waals surface area (Å²) in [5, 5.41) is 11.6. The van der Waals surface area contributed by atoms with E-state index in [1.54, 1.807) is 0 Å². The number of carboxylic acids is 1. The Labute approximate surface area is 135 Å². The van der Waals surface area contributed by atoms with Crippen LogP contribution in [0, 0.1) is 0 Å². The van der Waals surface area contributed by atoms with Crippen LogP contribution in [-0.2, 0) is 0 Å². The van der Waals surface area contributed by atoms with Gasteiger partial charge < -0.3 is 10.4 Å². The molecule has 0 saturated heterocycles. The minimum atomic E-state index is -0.985. The first-order chi connectivity index (χ1) is 8.65. The number of aromatic carboxylic acids is 1. The monoisotopic (exact) mass is 273 g/mol. The molecule has 0 aliphatic carbocycles. The molecule has 0 aliphatic heterocycles. The van der Waals surface area contributed by atoms with Crippen LogP contribution in [0.3, 0.4) is 0 Å². The Hall–Kier alpha value is -0.840. The quantitative estimate of drug-likeness (QED) is 0.590. The zero-order valence-electron chi connectivity index (χ0n) is 10.6. The van der Waals surface area contributed by atoms with Gasteiger partial charge in [-0.15, -0.1) is 0 Å². The predicted molar refractivity (Wildman–Crippen MR) is 77.0 cm³/mol. The number of hydrogen-bond acceptors (Lipinski definition) is 2. The fraction of sp³-hybridized carbons (Fsp3) is 0.429. The Morgan fingerprint density at radius 3 is 2.16 bits per heavy atom. The van der Waals surface area contributed by atoms with Gasteiger partial charge in [0.25, 0.3) is 5.91 Å². The van der Waals surface area contributed by atoms with E-state index in [0.717, 1.165) is 12.8 Å². The topological polar surface area (TPSA) is 66.4 Å². The normalized spacial score (nSPS) is 9.53. The van der Waals surface area contributed by atoms with Gasteiger partial charge >= 0.3 is 35.5 Å². The molecule has 4 nitrogen and oxygen atoms in total. The second-order valence-electron chi connectivity index (χ2n) is 4.20. The van der Waals surface area contributed by atoms with Crippen molar-refractivity contribution >= 4 is 41.4 Å². The van der Waals surface area contributed by atoms with Gasteiger partial charge in [0.1, 0.15) is 0 Å². The molecule has 0 spiro atoms. The molecule has 0 atom stereocenters. The Morgan fingerprint density at radius 1 is 1.05 bits per heavy atom. The van der Waals surface area contributed by atoms with E-state index in [9.17, 15) is 9.59 Å². The van der Waals surface area contributed by atoms with Crippen LogP contribution in [0.5, 0.6) is 0 Å². The van der Waals surface area contributed by atoms with E-state index >= 15 is 0 Å². The van der Waals surface area contributed by atoms with Crippen LogP contribution in [0.25, 0.3) is 0 Å². The number of benzene rings is 1. The van der Waals surface area contributed by atoms with Gasteiger partial charge in [0.15, 0.2) is 0 Å². The predicted octanol–water partition coefficient (Wildman–Crippen LogP) is 2.05. The van der Waals surface area contributed by atoms with Gasteiger partial charge in [0.05, 0.1) is 5.56 Å². The summed E-state index contributed by atoms with van der Waals surface area (Å²) < 4.78 is 0. The van der Waals surface area contributed by atoms with E-state index in [2.05, 4.69) is 12.2 Å². The summed E-state index contributed by atoms with van der Waals surface area (Å²) in [6.07, 6.45) is 4.45. The van der Waals surface area contributed by atoms with Gasteiger partial charge in [-0.25, -0.2) is 4.79 Å². The number of nitrogens with one attached hydrogen (secondary N) is 1. The minimum absolute atomic E-state index is 0. The van der Waals surface area contributed by atoms with Crippen molar-refractivity contribution in [2.75, 3.05) is 6.54 Å². The van der Waals surface area contributed by atoms with E-state index < -0.39 is 5.97 Å². The van der Waals surface area contributed by atoms with Gasteiger partial charge in [-0.2, -0.15) is 0 Å². The zero-order chi connectivity index (χ0) is 13.4. The number of carbonyl (C=O) groups is 2. The Balaban J connectivity index is 0.00000324. The van der Waals surface area contributed by atoms with Crippen molar-refractivity contribution in [3.05, 3.63) is 35.4 Å². The van der Waals surface area contributed by atoms with Gasteiger partial charge in [-0.3, -0.25) is 4.79 Å². The molecule has 1 aromatic carbocycles. The van der Waals surface area contributed by atoms with Gasteiger partial charge in [0.2, 0.25) is 0 Å². The van der Waals surface area contributed by atoms with Crippen molar-refractivity contribution in [1.29, 1.82) is 0 Å². The van der Waals surface area contributed by atoms with Crippen molar-refractivity contribution in [3.8, 4) is 0 Å². The number of rotatable bonds is 7.